The second-order valence-corrected chi connectivity index (χ2v) is 4.49. The van der Waals surface area contributed by atoms with E-state index in [1.807, 2.05) is 5.38 Å². The lowest BCUT2D eigenvalue weighted by Gasteiger charge is -2.14. The number of hydrogen-bond donors (Lipinski definition) is 2. The van der Waals surface area contributed by atoms with Crippen LogP contribution in [0.1, 0.15) is 16.6 Å². The van der Waals surface area contributed by atoms with E-state index in [1.165, 1.54) is 17.4 Å². The van der Waals surface area contributed by atoms with Gasteiger partial charge in [0.1, 0.15) is 5.82 Å². The maximum atomic E-state index is 12.7. The summed E-state index contributed by atoms with van der Waals surface area (Å²) in [6.07, 6.45) is 1.15. The molecule has 3 N–H and O–H groups in total. The molecule has 0 fully saturated rings. The molecule has 1 unspecified atom stereocenters. The second kappa shape index (κ2) is 4.88. The molecule has 6 heteroatoms. The van der Waals surface area contributed by atoms with Crippen LogP contribution in [-0.2, 0) is 0 Å². The Bertz CT molecular complexity index is 471. The van der Waals surface area contributed by atoms with Crippen molar-refractivity contribution in [3.8, 4) is 0 Å². The Morgan fingerprint density at radius 1 is 1.44 bits per heavy atom. The summed E-state index contributed by atoms with van der Waals surface area (Å²) in [4.78, 5) is 4.84. The predicted octanol–water partition coefficient (Wildman–Crippen LogP) is 2.49. The smallest absolute Gasteiger partial charge is 0.141 e. The fraction of sp³-hybridized carbons (Fsp3) is 0.100. The first-order valence-corrected chi connectivity index (χ1v) is 5.78. The quantitative estimate of drug-likeness (QED) is 0.656. The summed E-state index contributed by atoms with van der Waals surface area (Å²) in [5.74, 6) is 5.09. The molecule has 2 aromatic heterocycles. The van der Waals surface area contributed by atoms with E-state index in [4.69, 9.17) is 17.4 Å². The van der Waals surface area contributed by atoms with E-state index < -0.39 is 0 Å². The molecule has 16 heavy (non-hydrogen) atoms. The SMILES string of the molecule is NNC(c1ccc(F)cn1)c1sccc1Cl. The van der Waals surface area contributed by atoms with E-state index in [2.05, 4.69) is 10.4 Å². The average Bonchev–Trinajstić information content (AvgIpc) is 2.69. The summed E-state index contributed by atoms with van der Waals surface area (Å²) in [5, 5.41) is 2.49. The lowest BCUT2D eigenvalue weighted by Crippen LogP contribution is -2.29. The van der Waals surface area contributed by atoms with Gasteiger partial charge >= 0.3 is 0 Å². The van der Waals surface area contributed by atoms with Gasteiger partial charge in [-0.15, -0.1) is 11.3 Å². The van der Waals surface area contributed by atoms with Crippen molar-refractivity contribution in [2.75, 3.05) is 0 Å². The molecule has 0 spiro atoms. The van der Waals surface area contributed by atoms with E-state index in [0.29, 0.717) is 10.7 Å². The van der Waals surface area contributed by atoms with Crippen LogP contribution >= 0.6 is 22.9 Å². The van der Waals surface area contributed by atoms with Crippen LogP contribution in [0.3, 0.4) is 0 Å². The van der Waals surface area contributed by atoms with Crippen LogP contribution in [0.15, 0.2) is 29.8 Å². The van der Waals surface area contributed by atoms with Crippen LogP contribution in [-0.4, -0.2) is 4.98 Å². The lowest BCUT2D eigenvalue weighted by atomic mass is 10.1. The summed E-state index contributed by atoms with van der Waals surface area (Å²) in [6, 6.07) is 4.40. The maximum Gasteiger partial charge on any atom is 0.141 e. The molecule has 1 atom stereocenters. The summed E-state index contributed by atoms with van der Waals surface area (Å²) in [7, 11) is 0. The molecule has 0 saturated heterocycles. The molecule has 2 heterocycles. The van der Waals surface area contributed by atoms with Gasteiger partial charge in [0.25, 0.3) is 0 Å². The molecule has 2 rings (SSSR count). The fourth-order valence-electron chi connectivity index (χ4n) is 1.36. The van der Waals surface area contributed by atoms with Crippen molar-refractivity contribution in [1.82, 2.24) is 10.4 Å². The van der Waals surface area contributed by atoms with Crippen LogP contribution in [0.2, 0.25) is 5.02 Å². The number of halogens is 2. The fourth-order valence-corrected chi connectivity index (χ4v) is 2.60. The monoisotopic (exact) mass is 257 g/mol. The highest BCUT2D eigenvalue weighted by Crippen LogP contribution is 2.31. The normalized spacial score (nSPS) is 12.7. The number of nitrogens with two attached hydrogens (primary N) is 1. The summed E-state index contributed by atoms with van der Waals surface area (Å²) >= 11 is 7.48. The molecule has 0 radical (unpaired) electrons. The summed E-state index contributed by atoms with van der Waals surface area (Å²) < 4.78 is 12.7. The zero-order valence-electron chi connectivity index (χ0n) is 8.15. The van der Waals surface area contributed by atoms with E-state index in [9.17, 15) is 4.39 Å². The molecule has 0 aliphatic carbocycles. The first-order chi connectivity index (χ1) is 7.72. The van der Waals surface area contributed by atoms with Gasteiger partial charge in [-0.3, -0.25) is 10.8 Å². The van der Waals surface area contributed by atoms with Crippen molar-refractivity contribution >= 4 is 22.9 Å². The Balaban J connectivity index is 2.37. The Morgan fingerprint density at radius 3 is 2.75 bits per heavy atom. The van der Waals surface area contributed by atoms with Crippen molar-refractivity contribution in [3.63, 3.8) is 0 Å². The van der Waals surface area contributed by atoms with Gasteiger partial charge in [-0.1, -0.05) is 11.6 Å². The zero-order valence-corrected chi connectivity index (χ0v) is 9.73. The van der Waals surface area contributed by atoms with Gasteiger partial charge in [0.15, 0.2) is 0 Å². The number of rotatable bonds is 3. The first kappa shape index (κ1) is 11.5. The van der Waals surface area contributed by atoms with Gasteiger partial charge in [0, 0.05) is 4.88 Å². The van der Waals surface area contributed by atoms with E-state index in [-0.39, 0.29) is 11.9 Å². The Hall–Kier alpha value is -1.01. The Morgan fingerprint density at radius 2 is 2.25 bits per heavy atom. The number of hydrogen-bond acceptors (Lipinski definition) is 4. The zero-order chi connectivity index (χ0) is 11.5. The van der Waals surface area contributed by atoms with Crippen LogP contribution in [0, 0.1) is 5.82 Å². The molecular weight excluding hydrogens is 249 g/mol. The number of nitrogens with one attached hydrogen (secondary N) is 1. The second-order valence-electron chi connectivity index (χ2n) is 3.13. The lowest BCUT2D eigenvalue weighted by molar-refractivity contribution is 0.600. The van der Waals surface area contributed by atoms with Gasteiger partial charge in [0.05, 0.1) is 23.0 Å². The minimum atomic E-state index is -0.378. The Labute approximate surface area is 101 Å². The molecule has 3 nitrogen and oxygen atoms in total. The third-order valence-corrected chi connectivity index (χ3v) is 3.54. The molecular formula is C10H9ClFN3S. The standard InChI is InChI=1S/C10H9ClFN3S/c11-7-3-4-16-10(7)9(15-13)8-2-1-6(12)5-14-8/h1-5,9,15H,13H2. The number of nitrogens with zero attached hydrogens (tertiary/aromatic N) is 1. The third-order valence-electron chi connectivity index (χ3n) is 2.12. The van der Waals surface area contributed by atoms with Crippen molar-refractivity contribution < 1.29 is 4.39 Å². The minimum Gasteiger partial charge on any atom is -0.270 e. The largest absolute Gasteiger partial charge is 0.270 e. The van der Waals surface area contributed by atoms with Crippen LogP contribution in [0.4, 0.5) is 4.39 Å². The van der Waals surface area contributed by atoms with Crippen molar-refractivity contribution in [2.24, 2.45) is 5.84 Å². The minimum absolute atomic E-state index is 0.312. The highest BCUT2D eigenvalue weighted by Gasteiger charge is 2.18. The molecule has 0 aromatic carbocycles. The number of hydrazine groups is 1. The number of aromatic nitrogens is 1. The Kier molecular flexibility index (Phi) is 3.50. The van der Waals surface area contributed by atoms with Crippen LogP contribution in [0.25, 0.3) is 0 Å². The predicted molar refractivity (Wildman–Crippen MR) is 62.7 cm³/mol. The topological polar surface area (TPSA) is 50.9 Å². The molecule has 0 amide bonds. The van der Waals surface area contributed by atoms with Gasteiger partial charge < -0.3 is 0 Å². The number of thiophene rings is 1. The van der Waals surface area contributed by atoms with E-state index >= 15 is 0 Å². The molecule has 2 aromatic rings. The van der Waals surface area contributed by atoms with Crippen molar-refractivity contribution in [1.29, 1.82) is 0 Å². The maximum absolute atomic E-state index is 12.7. The van der Waals surface area contributed by atoms with Gasteiger partial charge in [-0.25, -0.2) is 9.82 Å². The molecule has 0 aliphatic heterocycles. The van der Waals surface area contributed by atoms with Gasteiger partial charge in [0.2, 0.25) is 0 Å². The molecule has 0 bridgehead atoms. The molecule has 0 aliphatic rings. The van der Waals surface area contributed by atoms with Crippen LogP contribution < -0.4 is 11.3 Å². The van der Waals surface area contributed by atoms with Crippen LogP contribution in [0.5, 0.6) is 0 Å². The van der Waals surface area contributed by atoms with Gasteiger partial charge in [-0.05, 0) is 23.6 Å². The average molecular weight is 258 g/mol. The number of pyridine rings is 1. The molecule has 0 saturated carbocycles. The molecule has 84 valence electrons. The first-order valence-electron chi connectivity index (χ1n) is 4.53. The summed E-state index contributed by atoms with van der Waals surface area (Å²) in [5.41, 5.74) is 3.25. The highest BCUT2D eigenvalue weighted by molar-refractivity contribution is 7.10. The van der Waals surface area contributed by atoms with Crippen molar-refractivity contribution in [3.05, 3.63) is 51.2 Å². The highest BCUT2D eigenvalue weighted by atomic mass is 35.5. The van der Waals surface area contributed by atoms with E-state index in [1.54, 1.807) is 12.1 Å². The third kappa shape index (κ3) is 2.22. The van der Waals surface area contributed by atoms with Gasteiger partial charge in [-0.2, -0.15) is 0 Å². The summed E-state index contributed by atoms with van der Waals surface area (Å²) in [6.45, 7) is 0. The van der Waals surface area contributed by atoms with Crippen molar-refractivity contribution in [2.45, 2.75) is 6.04 Å². The van der Waals surface area contributed by atoms with E-state index in [0.717, 1.165) is 11.1 Å².